The lowest BCUT2D eigenvalue weighted by molar-refractivity contribution is 0.586. The zero-order valence-electron chi connectivity index (χ0n) is 7.81. The summed E-state index contributed by atoms with van der Waals surface area (Å²) in [6, 6.07) is 2.37. The molecule has 15 heavy (non-hydrogen) atoms. The molecular formula is C10H7BrF2N2. The highest BCUT2D eigenvalue weighted by molar-refractivity contribution is 9.10. The SMILES string of the molecule is Cc1cc(N)c2c(Br)c(F)cc(F)c2n1. The van der Waals surface area contributed by atoms with Gasteiger partial charge in [-0.3, -0.25) is 0 Å². The quantitative estimate of drug-likeness (QED) is 0.749. The van der Waals surface area contributed by atoms with Gasteiger partial charge in [-0.1, -0.05) is 0 Å². The van der Waals surface area contributed by atoms with Crippen molar-refractivity contribution in [3.05, 3.63) is 33.9 Å². The zero-order chi connectivity index (χ0) is 11.2. The van der Waals surface area contributed by atoms with Crippen molar-refractivity contribution in [3.8, 4) is 0 Å². The largest absolute Gasteiger partial charge is 0.398 e. The number of hydrogen-bond donors (Lipinski definition) is 1. The van der Waals surface area contributed by atoms with Gasteiger partial charge in [0.1, 0.15) is 11.3 Å². The zero-order valence-corrected chi connectivity index (χ0v) is 9.40. The minimum atomic E-state index is -0.707. The van der Waals surface area contributed by atoms with Gasteiger partial charge in [0.15, 0.2) is 5.82 Å². The van der Waals surface area contributed by atoms with Crippen LogP contribution in [0.5, 0.6) is 0 Å². The van der Waals surface area contributed by atoms with Crippen LogP contribution in [0.4, 0.5) is 14.5 Å². The second-order valence-electron chi connectivity index (χ2n) is 3.23. The Kier molecular flexibility index (Phi) is 2.34. The Morgan fingerprint density at radius 3 is 2.60 bits per heavy atom. The highest BCUT2D eigenvalue weighted by Gasteiger charge is 2.14. The molecular weight excluding hydrogens is 266 g/mol. The highest BCUT2D eigenvalue weighted by Crippen LogP contribution is 2.32. The Bertz CT molecular complexity index is 555. The molecule has 5 heteroatoms. The minimum absolute atomic E-state index is 0.0841. The number of aryl methyl sites for hydroxylation is 1. The summed E-state index contributed by atoms with van der Waals surface area (Å²) in [6.45, 7) is 1.70. The van der Waals surface area contributed by atoms with Crippen LogP contribution in [0.3, 0.4) is 0 Å². The molecule has 0 aliphatic rings. The smallest absolute Gasteiger partial charge is 0.152 e. The number of pyridine rings is 1. The van der Waals surface area contributed by atoms with E-state index in [9.17, 15) is 8.78 Å². The molecule has 2 aromatic rings. The first-order valence-electron chi connectivity index (χ1n) is 4.21. The number of aromatic nitrogens is 1. The van der Waals surface area contributed by atoms with Gasteiger partial charge in [-0.25, -0.2) is 13.8 Å². The molecule has 0 spiro atoms. The number of rotatable bonds is 0. The van der Waals surface area contributed by atoms with Crippen molar-refractivity contribution >= 4 is 32.5 Å². The summed E-state index contributed by atoms with van der Waals surface area (Å²) in [5.41, 5.74) is 6.68. The van der Waals surface area contributed by atoms with Crippen molar-refractivity contribution in [2.45, 2.75) is 6.92 Å². The van der Waals surface area contributed by atoms with E-state index >= 15 is 0 Å². The Balaban J connectivity index is 3.03. The summed E-state index contributed by atoms with van der Waals surface area (Å²) < 4.78 is 26.8. The van der Waals surface area contributed by atoms with Crippen LogP contribution in [-0.4, -0.2) is 4.98 Å². The molecule has 0 fully saturated rings. The van der Waals surface area contributed by atoms with E-state index < -0.39 is 11.6 Å². The summed E-state index contributed by atoms with van der Waals surface area (Å²) in [5.74, 6) is -1.39. The molecule has 2 rings (SSSR count). The summed E-state index contributed by atoms with van der Waals surface area (Å²) in [6.07, 6.45) is 0. The van der Waals surface area contributed by atoms with Crippen LogP contribution in [0.1, 0.15) is 5.69 Å². The maximum absolute atomic E-state index is 13.4. The van der Waals surface area contributed by atoms with E-state index in [1.165, 1.54) is 0 Å². The number of hydrogen-bond acceptors (Lipinski definition) is 2. The summed E-state index contributed by atoms with van der Waals surface area (Å²) in [5, 5.41) is 0.276. The van der Waals surface area contributed by atoms with Crippen LogP contribution >= 0.6 is 15.9 Å². The summed E-state index contributed by atoms with van der Waals surface area (Å²) >= 11 is 3.03. The molecule has 0 bridgehead atoms. The average molecular weight is 273 g/mol. The van der Waals surface area contributed by atoms with Gasteiger partial charge in [0.25, 0.3) is 0 Å². The number of fused-ring (bicyclic) bond motifs is 1. The van der Waals surface area contributed by atoms with Crippen molar-refractivity contribution < 1.29 is 8.78 Å². The monoisotopic (exact) mass is 272 g/mol. The Morgan fingerprint density at radius 1 is 1.27 bits per heavy atom. The van der Waals surface area contributed by atoms with Crippen molar-refractivity contribution in [3.63, 3.8) is 0 Å². The number of nitrogens with zero attached hydrogens (tertiary/aromatic N) is 1. The lowest BCUT2D eigenvalue weighted by atomic mass is 10.1. The molecule has 0 radical (unpaired) electrons. The van der Waals surface area contributed by atoms with Crippen molar-refractivity contribution in [1.82, 2.24) is 4.98 Å². The van der Waals surface area contributed by atoms with Gasteiger partial charge in [-0.05, 0) is 28.9 Å². The summed E-state index contributed by atoms with van der Waals surface area (Å²) in [4.78, 5) is 3.99. The lowest BCUT2D eigenvalue weighted by Gasteiger charge is -2.07. The third kappa shape index (κ3) is 1.56. The number of nitrogens with two attached hydrogens (primary N) is 1. The maximum Gasteiger partial charge on any atom is 0.152 e. The summed E-state index contributed by atoms with van der Waals surface area (Å²) in [7, 11) is 0. The van der Waals surface area contributed by atoms with Crippen LogP contribution < -0.4 is 5.73 Å². The Labute approximate surface area is 93.2 Å². The lowest BCUT2D eigenvalue weighted by Crippen LogP contribution is -1.97. The van der Waals surface area contributed by atoms with Gasteiger partial charge in [-0.2, -0.15) is 0 Å². The second-order valence-corrected chi connectivity index (χ2v) is 4.02. The van der Waals surface area contributed by atoms with E-state index in [0.717, 1.165) is 6.07 Å². The van der Waals surface area contributed by atoms with Crippen LogP contribution in [0.25, 0.3) is 10.9 Å². The topological polar surface area (TPSA) is 38.9 Å². The first-order valence-corrected chi connectivity index (χ1v) is 5.00. The molecule has 78 valence electrons. The van der Waals surface area contributed by atoms with Crippen LogP contribution in [0, 0.1) is 18.6 Å². The molecule has 1 aromatic heterocycles. The van der Waals surface area contributed by atoms with Crippen molar-refractivity contribution in [2.24, 2.45) is 0 Å². The van der Waals surface area contributed by atoms with Gasteiger partial charge < -0.3 is 5.73 Å². The molecule has 0 atom stereocenters. The molecule has 1 heterocycles. The van der Waals surface area contributed by atoms with Gasteiger partial charge in [-0.15, -0.1) is 0 Å². The average Bonchev–Trinajstić information content (AvgIpc) is 2.13. The third-order valence-electron chi connectivity index (χ3n) is 2.09. The number of anilines is 1. The van der Waals surface area contributed by atoms with Gasteiger partial charge in [0, 0.05) is 22.8 Å². The molecule has 0 amide bonds. The maximum atomic E-state index is 13.4. The Hall–Kier alpha value is -1.23. The first-order chi connectivity index (χ1) is 7.00. The van der Waals surface area contributed by atoms with Crippen LogP contribution in [0.2, 0.25) is 0 Å². The standard InChI is InChI=1S/C10H7BrF2N2/c1-4-2-7(14)8-9(11)5(12)3-6(13)10(8)15-4/h2-3H,1H3,(H2,14,15). The van der Waals surface area contributed by atoms with E-state index in [4.69, 9.17) is 5.73 Å². The molecule has 0 unspecified atom stereocenters. The first kappa shape index (κ1) is 10.3. The fourth-order valence-electron chi connectivity index (χ4n) is 1.46. The van der Waals surface area contributed by atoms with E-state index in [-0.39, 0.29) is 15.4 Å². The third-order valence-corrected chi connectivity index (χ3v) is 2.86. The number of halogens is 3. The van der Waals surface area contributed by atoms with E-state index in [1.807, 2.05) is 0 Å². The highest BCUT2D eigenvalue weighted by atomic mass is 79.9. The molecule has 0 aliphatic carbocycles. The predicted molar refractivity (Wildman–Crippen MR) is 58.5 cm³/mol. The van der Waals surface area contributed by atoms with Gasteiger partial charge in [0.05, 0.1) is 4.47 Å². The van der Waals surface area contributed by atoms with Gasteiger partial charge >= 0.3 is 0 Å². The molecule has 2 nitrogen and oxygen atoms in total. The molecule has 0 saturated heterocycles. The van der Waals surface area contributed by atoms with E-state index in [2.05, 4.69) is 20.9 Å². The van der Waals surface area contributed by atoms with Crippen LogP contribution in [0.15, 0.2) is 16.6 Å². The van der Waals surface area contributed by atoms with Crippen molar-refractivity contribution in [1.29, 1.82) is 0 Å². The number of nitrogen functional groups attached to an aromatic ring is 1. The Morgan fingerprint density at radius 2 is 1.93 bits per heavy atom. The van der Waals surface area contributed by atoms with Gasteiger partial charge in [0.2, 0.25) is 0 Å². The van der Waals surface area contributed by atoms with E-state index in [1.54, 1.807) is 13.0 Å². The second kappa shape index (κ2) is 3.41. The molecule has 0 aliphatic heterocycles. The minimum Gasteiger partial charge on any atom is -0.398 e. The fourth-order valence-corrected chi connectivity index (χ4v) is 2.00. The molecule has 0 saturated carbocycles. The fraction of sp³-hybridized carbons (Fsp3) is 0.100. The molecule has 2 N–H and O–H groups in total. The van der Waals surface area contributed by atoms with Crippen molar-refractivity contribution in [2.75, 3.05) is 5.73 Å². The van der Waals surface area contributed by atoms with Crippen LogP contribution in [-0.2, 0) is 0 Å². The van der Waals surface area contributed by atoms with E-state index in [0.29, 0.717) is 11.4 Å². The predicted octanol–water partition coefficient (Wildman–Crippen LogP) is 3.17. The normalized spacial score (nSPS) is 10.9. The molecule has 1 aromatic carbocycles. The number of benzene rings is 1.